The van der Waals surface area contributed by atoms with Gasteiger partial charge in [-0.15, -0.1) is 0 Å². The minimum Gasteiger partial charge on any atom is -0.370 e. The van der Waals surface area contributed by atoms with Gasteiger partial charge in [-0.3, -0.25) is 14.7 Å². The van der Waals surface area contributed by atoms with Gasteiger partial charge in [-0.2, -0.15) is 5.10 Å². The van der Waals surface area contributed by atoms with Gasteiger partial charge in [0, 0.05) is 43.7 Å². The molecule has 0 saturated carbocycles. The second kappa shape index (κ2) is 4.96. The molecule has 0 atom stereocenters. The van der Waals surface area contributed by atoms with Gasteiger partial charge in [0.2, 0.25) is 5.91 Å². The van der Waals surface area contributed by atoms with E-state index in [4.69, 9.17) is 5.73 Å². The molecule has 2 amide bonds. The topological polar surface area (TPSA) is 113 Å². The summed E-state index contributed by atoms with van der Waals surface area (Å²) in [5, 5.41) is 12.7. The number of aromatic nitrogens is 2. The third kappa shape index (κ3) is 2.62. The van der Waals surface area contributed by atoms with Crippen LogP contribution in [0.4, 0.5) is 0 Å². The zero-order valence-corrected chi connectivity index (χ0v) is 9.38. The van der Waals surface area contributed by atoms with Gasteiger partial charge >= 0.3 is 0 Å². The molecule has 0 aromatic carbocycles. The first-order valence-electron chi connectivity index (χ1n) is 5.52. The molecule has 1 aromatic heterocycles. The Balaban J connectivity index is 1.99. The predicted octanol–water partition coefficient (Wildman–Crippen LogP) is -1.34. The zero-order valence-electron chi connectivity index (χ0n) is 9.38. The van der Waals surface area contributed by atoms with E-state index >= 15 is 0 Å². The van der Waals surface area contributed by atoms with Crippen LogP contribution in [0.1, 0.15) is 28.2 Å². The van der Waals surface area contributed by atoms with Crippen molar-refractivity contribution >= 4 is 11.8 Å². The maximum atomic E-state index is 11.8. The summed E-state index contributed by atoms with van der Waals surface area (Å²) >= 11 is 0. The lowest BCUT2D eigenvalue weighted by molar-refractivity contribution is -0.117. The first-order chi connectivity index (χ1) is 8.18. The Labute approximate surface area is 98.1 Å². The molecule has 0 unspecified atom stereocenters. The van der Waals surface area contributed by atoms with Crippen LogP contribution >= 0.6 is 0 Å². The van der Waals surface area contributed by atoms with Gasteiger partial charge in [0.05, 0.1) is 0 Å². The molecule has 0 aliphatic carbocycles. The third-order valence-corrected chi connectivity index (χ3v) is 2.68. The SMILES string of the molecule is NC(=O)CCNC(=O)c1n[nH]c2c1CNCC2. The number of amides is 2. The molecule has 0 radical (unpaired) electrons. The number of hydrogen-bond donors (Lipinski definition) is 4. The number of rotatable bonds is 4. The Hall–Kier alpha value is -1.89. The lowest BCUT2D eigenvalue weighted by Crippen LogP contribution is -2.30. The maximum absolute atomic E-state index is 11.8. The Morgan fingerprint density at radius 2 is 2.29 bits per heavy atom. The Kier molecular flexibility index (Phi) is 3.38. The standard InChI is InChI=1S/C10H15N5O2/c11-8(16)2-4-13-10(17)9-6-5-12-3-1-7(6)14-15-9/h12H,1-5H2,(H2,11,16)(H,13,17)(H,14,15). The molecule has 1 aliphatic rings. The highest BCUT2D eigenvalue weighted by Gasteiger charge is 2.21. The lowest BCUT2D eigenvalue weighted by Gasteiger charge is -2.12. The summed E-state index contributed by atoms with van der Waals surface area (Å²) in [6, 6.07) is 0. The van der Waals surface area contributed by atoms with E-state index in [0.717, 1.165) is 24.2 Å². The number of fused-ring (bicyclic) bond motifs is 1. The van der Waals surface area contributed by atoms with Crippen molar-refractivity contribution in [2.75, 3.05) is 13.1 Å². The molecule has 1 aromatic rings. The third-order valence-electron chi connectivity index (χ3n) is 2.68. The second-order valence-corrected chi connectivity index (χ2v) is 3.93. The molecule has 7 heteroatoms. The Morgan fingerprint density at radius 1 is 1.47 bits per heavy atom. The van der Waals surface area contributed by atoms with Gasteiger partial charge in [-0.05, 0) is 0 Å². The fourth-order valence-electron chi connectivity index (χ4n) is 1.80. The second-order valence-electron chi connectivity index (χ2n) is 3.93. The van der Waals surface area contributed by atoms with Crippen LogP contribution in [0.15, 0.2) is 0 Å². The fourth-order valence-corrected chi connectivity index (χ4v) is 1.80. The van der Waals surface area contributed by atoms with Crippen molar-refractivity contribution in [3.63, 3.8) is 0 Å². The molecule has 5 N–H and O–H groups in total. The summed E-state index contributed by atoms with van der Waals surface area (Å²) < 4.78 is 0. The Morgan fingerprint density at radius 3 is 3.06 bits per heavy atom. The normalized spacial score (nSPS) is 14.1. The van der Waals surface area contributed by atoms with Gasteiger partial charge in [0.1, 0.15) is 0 Å². The monoisotopic (exact) mass is 237 g/mol. The van der Waals surface area contributed by atoms with Crippen molar-refractivity contribution in [2.45, 2.75) is 19.4 Å². The van der Waals surface area contributed by atoms with Crippen LogP contribution in [-0.2, 0) is 17.8 Å². The van der Waals surface area contributed by atoms with Gasteiger partial charge in [-0.25, -0.2) is 0 Å². The average Bonchev–Trinajstić information content (AvgIpc) is 2.72. The number of aromatic amines is 1. The molecule has 2 rings (SSSR count). The molecular weight excluding hydrogens is 222 g/mol. The van der Waals surface area contributed by atoms with Gasteiger partial charge in [0.15, 0.2) is 5.69 Å². The number of H-pyrrole nitrogens is 1. The van der Waals surface area contributed by atoms with Crippen molar-refractivity contribution in [3.8, 4) is 0 Å². The summed E-state index contributed by atoms with van der Waals surface area (Å²) in [7, 11) is 0. The van der Waals surface area contributed by atoms with Crippen LogP contribution in [0.5, 0.6) is 0 Å². The number of nitrogens with one attached hydrogen (secondary N) is 3. The predicted molar refractivity (Wildman–Crippen MR) is 60.1 cm³/mol. The molecule has 0 saturated heterocycles. The highest BCUT2D eigenvalue weighted by molar-refractivity contribution is 5.94. The van der Waals surface area contributed by atoms with E-state index in [1.54, 1.807) is 0 Å². The number of nitrogens with zero attached hydrogens (tertiary/aromatic N) is 1. The van der Waals surface area contributed by atoms with E-state index in [-0.39, 0.29) is 18.9 Å². The summed E-state index contributed by atoms with van der Waals surface area (Å²) in [5.74, 6) is -0.705. The zero-order chi connectivity index (χ0) is 12.3. The van der Waals surface area contributed by atoms with Crippen LogP contribution in [0.3, 0.4) is 0 Å². The maximum Gasteiger partial charge on any atom is 0.272 e. The summed E-state index contributed by atoms with van der Waals surface area (Å²) in [6.45, 7) is 1.77. The molecule has 2 heterocycles. The van der Waals surface area contributed by atoms with Crippen molar-refractivity contribution in [1.29, 1.82) is 0 Å². The molecule has 1 aliphatic heterocycles. The summed E-state index contributed by atoms with van der Waals surface area (Å²) in [5.41, 5.74) is 7.30. The van der Waals surface area contributed by atoms with Crippen LogP contribution in [0.25, 0.3) is 0 Å². The van der Waals surface area contributed by atoms with Crippen LogP contribution in [-0.4, -0.2) is 35.1 Å². The van der Waals surface area contributed by atoms with Crippen molar-refractivity contribution < 1.29 is 9.59 Å². The molecule has 0 bridgehead atoms. The number of carbonyl (C=O) groups is 2. The fraction of sp³-hybridized carbons (Fsp3) is 0.500. The molecule has 92 valence electrons. The van der Waals surface area contributed by atoms with Gasteiger partial charge < -0.3 is 16.4 Å². The van der Waals surface area contributed by atoms with Crippen molar-refractivity contribution in [3.05, 3.63) is 17.0 Å². The molecular formula is C10H15N5O2. The quantitative estimate of drug-likeness (QED) is 0.519. The number of hydrogen-bond acceptors (Lipinski definition) is 4. The molecule has 7 nitrogen and oxygen atoms in total. The highest BCUT2D eigenvalue weighted by atomic mass is 16.2. The Bertz CT molecular complexity index is 440. The largest absolute Gasteiger partial charge is 0.370 e. The average molecular weight is 237 g/mol. The van der Waals surface area contributed by atoms with Crippen LogP contribution < -0.4 is 16.4 Å². The highest BCUT2D eigenvalue weighted by Crippen LogP contribution is 2.14. The molecule has 17 heavy (non-hydrogen) atoms. The van der Waals surface area contributed by atoms with Crippen LogP contribution in [0, 0.1) is 0 Å². The van der Waals surface area contributed by atoms with E-state index in [9.17, 15) is 9.59 Å². The first kappa shape index (κ1) is 11.6. The number of nitrogens with two attached hydrogens (primary N) is 1. The van der Waals surface area contributed by atoms with E-state index in [1.807, 2.05) is 0 Å². The first-order valence-corrected chi connectivity index (χ1v) is 5.52. The molecule has 0 fully saturated rings. The van der Waals surface area contributed by atoms with E-state index in [2.05, 4.69) is 20.8 Å². The lowest BCUT2D eigenvalue weighted by atomic mass is 10.1. The minimum absolute atomic E-state index is 0.136. The molecule has 0 spiro atoms. The summed E-state index contributed by atoms with van der Waals surface area (Å²) in [4.78, 5) is 22.3. The van der Waals surface area contributed by atoms with E-state index in [1.165, 1.54) is 0 Å². The van der Waals surface area contributed by atoms with Gasteiger partial charge in [-0.1, -0.05) is 0 Å². The number of primary amides is 1. The smallest absolute Gasteiger partial charge is 0.272 e. The van der Waals surface area contributed by atoms with Gasteiger partial charge in [0.25, 0.3) is 5.91 Å². The summed E-state index contributed by atoms with van der Waals surface area (Å²) in [6.07, 6.45) is 0.980. The number of carbonyl (C=O) groups excluding carboxylic acids is 2. The van der Waals surface area contributed by atoms with Crippen molar-refractivity contribution in [1.82, 2.24) is 20.8 Å². The minimum atomic E-state index is -0.434. The van der Waals surface area contributed by atoms with E-state index in [0.29, 0.717) is 12.2 Å². The van der Waals surface area contributed by atoms with Crippen molar-refractivity contribution in [2.24, 2.45) is 5.73 Å². The van der Waals surface area contributed by atoms with E-state index < -0.39 is 5.91 Å². The van der Waals surface area contributed by atoms with Crippen LogP contribution in [0.2, 0.25) is 0 Å².